The highest BCUT2D eigenvalue weighted by molar-refractivity contribution is 14.1. The molecular formula is C15H20INO2. The maximum atomic E-state index is 12.3. The second kappa shape index (κ2) is 6.59. The van der Waals surface area contributed by atoms with Gasteiger partial charge in [0, 0.05) is 9.61 Å². The van der Waals surface area contributed by atoms with E-state index in [1.807, 2.05) is 0 Å². The predicted octanol–water partition coefficient (Wildman–Crippen LogP) is 3.70. The minimum Gasteiger partial charge on any atom is -0.507 e. The predicted molar refractivity (Wildman–Crippen MR) is 84.3 cm³/mol. The molecule has 0 aromatic heterocycles. The zero-order valence-corrected chi connectivity index (χ0v) is 13.3. The van der Waals surface area contributed by atoms with Gasteiger partial charge < -0.3 is 10.4 Å². The van der Waals surface area contributed by atoms with Crippen LogP contribution in [-0.4, -0.2) is 17.1 Å². The second-order valence-electron chi connectivity index (χ2n) is 5.36. The molecule has 0 bridgehead atoms. The Kier molecular flexibility index (Phi) is 5.07. The lowest BCUT2D eigenvalue weighted by atomic mass is 9.96. The van der Waals surface area contributed by atoms with Crippen molar-refractivity contribution in [2.75, 3.05) is 0 Å². The van der Waals surface area contributed by atoms with E-state index in [9.17, 15) is 9.90 Å². The molecule has 0 aliphatic heterocycles. The molecule has 1 aromatic carbocycles. The molecule has 0 spiro atoms. The molecule has 1 fully saturated rings. The molecule has 2 unspecified atom stereocenters. The molecule has 1 aromatic rings. The molecule has 0 saturated heterocycles. The monoisotopic (exact) mass is 373 g/mol. The van der Waals surface area contributed by atoms with Gasteiger partial charge in [0.1, 0.15) is 5.75 Å². The number of carbonyl (C=O) groups is 1. The SMILES string of the molecule is CC1CCCCCC1NC(=O)c1cc(I)ccc1O. The van der Waals surface area contributed by atoms with E-state index in [4.69, 9.17) is 0 Å². The summed E-state index contributed by atoms with van der Waals surface area (Å²) < 4.78 is 0.953. The number of rotatable bonds is 2. The molecule has 1 amide bonds. The van der Waals surface area contributed by atoms with Gasteiger partial charge in [0.05, 0.1) is 5.56 Å². The number of carbonyl (C=O) groups excluding carboxylic acids is 1. The lowest BCUT2D eigenvalue weighted by Crippen LogP contribution is -2.38. The maximum absolute atomic E-state index is 12.3. The van der Waals surface area contributed by atoms with E-state index in [1.165, 1.54) is 25.7 Å². The third kappa shape index (κ3) is 3.84. The average Bonchev–Trinajstić information content (AvgIpc) is 2.58. The van der Waals surface area contributed by atoms with Gasteiger partial charge in [-0.2, -0.15) is 0 Å². The van der Waals surface area contributed by atoms with Crippen LogP contribution in [0.5, 0.6) is 5.75 Å². The van der Waals surface area contributed by atoms with Crippen molar-refractivity contribution in [3.8, 4) is 5.75 Å². The Morgan fingerprint density at radius 3 is 2.84 bits per heavy atom. The maximum Gasteiger partial charge on any atom is 0.255 e. The normalized spacial score (nSPS) is 23.7. The minimum absolute atomic E-state index is 0.0548. The van der Waals surface area contributed by atoms with Crippen LogP contribution in [0.1, 0.15) is 49.4 Å². The van der Waals surface area contributed by atoms with E-state index in [1.54, 1.807) is 18.2 Å². The first-order chi connectivity index (χ1) is 9.08. The molecule has 104 valence electrons. The van der Waals surface area contributed by atoms with Crippen LogP contribution in [0.25, 0.3) is 0 Å². The molecule has 3 nitrogen and oxygen atoms in total. The van der Waals surface area contributed by atoms with E-state index in [0.29, 0.717) is 11.5 Å². The number of benzene rings is 1. The quantitative estimate of drug-likeness (QED) is 0.614. The van der Waals surface area contributed by atoms with Crippen LogP contribution in [0, 0.1) is 9.49 Å². The molecule has 19 heavy (non-hydrogen) atoms. The smallest absolute Gasteiger partial charge is 0.255 e. The molecule has 1 aliphatic carbocycles. The van der Waals surface area contributed by atoms with Gasteiger partial charge in [-0.15, -0.1) is 0 Å². The van der Waals surface area contributed by atoms with E-state index in [0.717, 1.165) is 9.99 Å². The number of hydrogen-bond donors (Lipinski definition) is 2. The van der Waals surface area contributed by atoms with Crippen molar-refractivity contribution in [1.29, 1.82) is 0 Å². The Hall–Kier alpha value is -0.780. The van der Waals surface area contributed by atoms with Gasteiger partial charge in [0.2, 0.25) is 0 Å². The molecule has 4 heteroatoms. The third-order valence-electron chi connectivity index (χ3n) is 3.88. The number of halogens is 1. The number of nitrogens with one attached hydrogen (secondary N) is 1. The van der Waals surface area contributed by atoms with Gasteiger partial charge in [-0.05, 0) is 59.5 Å². The third-order valence-corrected chi connectivity index (χ3v) is 4.55. The number of hydrogen-bond acceptors (Lipinski definition) is 2. The summed E-state index contributed by atoms with van der Waals surface area (Å²) in [6, 6.07) is 5.33. The van der Waals surface area contributed by atoms with Crippen molar-refractivity contribution in [1.82, 2.24) is 5.32 Å². The van der Waals surface area contributed by atoms with E-state index < -0.39 is 0 Å². The fourth-order valence-electron chi connectivity index (χ4n) is 2.64. The summed E-state index contributed by atoms with van der Waals surface area (Å²) in [4.78, 5) is 12.3. The van der Waals surface area contributed by atoms with Gasteiger partial charge in [-0.25, -0.2) is 0 Å². The summed E-state index contributed by atoms with van der Waals surface area (Å²) in [6.07, 6.45) is 5.89. The van der Waals surface area contributed by atoms with Gasteiger partial charge >= 0.3 is 0 Å². The Balaban J connectivity index is 2.09. The lowest BCUT2D eigenvalue weighted by Gasteiger charge is -2.23. The van der Waals surface area contributed by atoms with Crippen LogP contribution in [0.3, 0.4) is 0 Å². The molecule has 1 saturated carbocycles. The van der Waals surface area contributed by atoms with Gasteiger partial charge in [-0.3, -0.25) is 4.79 Å². The van der Waals surface area contributed by atoms with Crippen molar-refractivity contribution in [2.45, 2.75) is 45.1 Å². The van der Waals surface area contributed by atoms with E-state index in [2.05, 4.69) is 34.8 Å². The summed E-state index contributed by atoms with van der Waals surface area (Å²) in [7, 11) is 0. The van der Waals surface area contributed by atoms with E-state index >= 15 is 0 Å². The van der Waals surface area contributed by atoms with Crippen molar-refractivity contribution in [2.24, 2.45) is 5.92 Å². The van der Waals surface area contributed by atoms with E-state index in [-0.39, 0.29) is 17.7 Å². The Morgan fingerprint density at radius 2 is 2.05 bits per heavy atom. The minimum atomic E-state index is -0.158. The molecule has 2 rings (SSSR count). The Morgan fingerprint density at radius 1 is 1.32 bits per heavy atom. The standard InChI is InChI=1S/C15H20INO2/c1-10-5-3-2-4-6-13(10)17-15(19)12-9-11(16)7-8-14(12)18/h7-10,13,18H,2-6H2,1H3,(H,17,19). The number of phenolic OH excluding ortho intramolecular Hbond substituents is 1. The first-order valence-corrected chi connectivity index (χ1v) is 7.95. The summed E-state index contributed by atoms with van der Waals surface area (Å²) in [5.74, 6) is 0.408. The number of aromatic hydroxyl groups is 1. The zero-order valence-electron chi connectivity index (χ0n) is 11.2. The summed E-state index contributed by atoms with van der Waals surface area (Å²) >= 11 is 2.15. The van der Waals surface area contributed by atoms with Crippen molar-refractivity contribution < 1.29 is 9.90 Å². The highest BCUT2D eigenvalue weighted by Crippen LogP contribution is 2.25. The zero-order chi connectivity index (χ0) is 13.8. The first-order valence-electron chi connectivity index (χ1n) is 6.87. The molecule has 2 atom stereocenters. The van der Waals surface area contributed by atoms with Crippen molar-refractivity contribution >= 4 is 28.5 Å². The molecule has 2 N–H and O–H groups in total. The highest BCUT2D eigenvalue weighted by atomic mass is 127. The summed E-state index contributed by atoms with van der Waals surface area (Å²) in [5, 5.41) is 12.9. The number of phenols is 1. The molecule has 0 heterocycles. The van der Waals surface area contributed by atoms with Crippen LogP contribution in [-0.2, 0) is 0 Å². The van der Waals surface area contributed by atoms with Crippen LogP contribution in [0.15, 0.2) is 18.2 Å². The first kappa shape index (κ1) is 14.6. The lowest BCUT2D eigenvalue weighted by molar-refractivity contribution is 0.0919. The highest BCUT2D eigenvalue weighted by Gasteiger charge is 2.23. The second-order valence-corrected chi connectivity index (χ2v) is 6.60. The van der Waals surface area contributed by atoms with Gasteiger partial charge in [0.25, 0.3) is 5.91 Å². The van der Waals surface area contributed by atoms with Crippen LogP contribution in [0.2, 0.25) is 0 Å². The van der Waals surface area contributed by atoms with Crippen LogP contribution in [0.4, 0.5) is 0 Å². The fraction of sp³-hybridized carbons (Fsp3) is 0.533. The molecule has 1 aliphatic rings. The van der Waals surface area contributed by atoms with Crippen molar-refractivity contribution in [3.05, 3.63) is 27.3 Å². The largest absolute Gasteiger partial charge is 0.507 e. The summed E-state index contributed by atoms with van der Waals surface area (Å²) in [5.41, 5.74) is 0.378. The fourth-order valence-corrected chi connectivity index (χ4v) is 3.13. The van der Waals surface area contributed by atoms with Gasteiger partial charge in [0.15, 0.2) is 0 Å². The summed E-state index contributed by atoms with van der Waals surface area (Å²) in [6.45, 7) is 2.20. The van der Waals surface area contributed by atoms with Crippen LogP contribution < -0.4 is 5.32 Å². The molecular weight excluding hydrogens is 353 g/mol. The number of amides is 1. The Labute approximate surface area is 127 Å². The van der Waals surface area contributed by atoms with Crippen LogP contribution >= 0.6 is 22.6 Å². The Bertz CT molecular complexity index is 461. The van der Waals surface area contributed by atoms with Gasteiger partial charge in [-0.1, -0.05) is 26.2 Å². The molecule has 0 radical (unpaired) electrons. The average molecular weight is 373 g/mol. The van der Waals surface area contributed by atoms with Crippen molar-refractivity contribution in [3.63, 3.8) is 0 Å². The topological polar surface area (TPSA) is 49.3 Å².